The number of fused-ring (bicyclic) bond motifs is 1. The zero-order chi connectivity index (χ0) is 14.1. The van der Waals surface area contributed by atoms with Crippen LogP contribution in [0.3, 0.4) is 0 Å². The molecule has 0 fully saturated rings. The second-order valence-electron chi connectivity index (χ2n) is 5.02. The third-order valence-electron chi connectivity index (χ3n) is 3.64. The third kappa shape index (κ3) is 2.36. The van der Waals surface area contributed by atoms with Gasteiger partial charge in [-0.05, 0) is 29.7 Å². The van der Waals surface area contributed by atoms with Gasteiger partial charge < -0.3 is 10.0 Å². The summed E-state index contributed by atoms with van der Waals surface area (Å²) in [5.41, 5.74) is 4.86. The Hall–Kier alpha value is -2.37. The van der Waals surface area contributed by atoms with Crippen LogP contribution in [0, 0.1) is 0 Å². The minimum Gasteiger partial charge on any atom is -0.508 e. The number of nitrogens with zero attached hydrogens (tertiary/aromatic N) is 2. The zero-order valence-electron chi connectivity index (χ0n) is 10.9. The predicted octanol–water partition coefficient (Wildman–Crippen LogP) is 0.543. The highest BCUT2D eigenvalue weighted by Gasteiger charge is 2.26. The van der Waals surface area contributed by atoms with E-state index in [9.17, 15) is 14.7 Å². The van der Waals surface area contributed by atoms with E-state index < -0.39 is 0 Å². The van der Waals surface area contributed by atoms with Gasteiger partial charge in [0.05, 0.1) is 0 Å². The van der Waals surface area contributed by atoms with Crippen LogP contribution in [0.5, 0.6) is 5.75 Å². The van der Waals surface area contributed by atoms with E-state index in [1.165, 1.54) is 0 Å². The molecule has 0 aromatic heterocycles. The molecule has 0 unspecified atom stereocenters. The molecule has 6 heteroatoms. The van der Waals surface area contributed by atoms with E-state index in [0.717, 1.165) is 17.5 Å². The molecule has 1 aromatic rings. The van der Waals surface area contributed by atoms with Crippen LogP contribution in [0.15, 0.2) is 23.3 Å². The van der Waals surface area contributed by atoms with Crippen LogP contribution >= 0.6 is 0 Å². The summed E-state index contributed by atoms with van der Waals surface area (Å²) in [5, 5.41) is 13.4. The third-order valence-corrected chi connectivity index (χ3v) is 3.64. The molecule has 2 amide bonds. The summed E-state index contributed by atoms with van der Waals surface area (Å²) in [4.78, 5) is 25.1. The minimum atomic E-state index is -0.157. The van der Waals surface area contributed by atoms with Crippen molar-refractivity contribution in [2.75, 3.05) is 6.54 Å². The Morgan fingerprint density at radius 1 is 1.25 bits per heavy atom. The fraction of sp³-hybridized carbons (Fsp3) is 0.357. The lowest BCUT2D eigenvalue weighted by Gasteiger charge is -2.29. The summed E-state index contributed by atoms with van der Waals surface area (Å²) < 4.78 is 0. The van der Waals surface area contributed by atoms with Crippen molar-refractivity contribution < 1.29 is 14.7 Å². The smallest absolute Gasteiger partial charge is 0.270 e. The number of carbonyl (C=O) groups is 2. The van der Waals surface area contributed by atoms with E-state index in [0.29, 0.717) is 31.6 Å². The molecule has 0 bridgehead atoms. The van der Waals surface area contributed by atoms with Crippen LogP contribution in [-0.4, -0.2) is 34.1 Å². The summed E-state index contributed by atoms with van der Waals surface area (Å²) in [5.74, 6) is -0.0882. The van der Waals surface area contributed by atoms with Crippen molar-refractivity contribution in [3.05, 3.63) is 29.3 Å². The van der Waals surface area contributed by atoms with Gasteiger partial charge in [-0.15, -0.1) is 0 Å². The number of aromatic hydroxyl groups is 1. The molecule has 2 aliphatic rings. The SMILES string of the molecule is O=C1CCC(C(=O)N2CCc3ccc(O)cc3C2)=NN1. The van der Waals surface area contributed by atoms with Gasteiger partial charge in [-0.2, -0.15) is 5.10 Å². The lowest BCUT2D eigenvalue weighted by atomic mass is 9.98. The standard InChI is InChI=1S/C14H15N3O3/c18-11-2-1-9-5-6-17(8-10(9)7-11)14(20)12-3-4-13(19)16-15-12/h1-2,7,18H,3-6,8H2,(H,16,19). The second-order valence-corrected chi connectivity index (χ2v) is 5.02. The Morgan fingerprint density at radius 2 is 2.10 bits per heavy atom. The maximum Gasteiger partial charge on any atom is 0.270 e. The Kier molecular flexibility index (Phi) is 3.14. The van der Waals surface area contributed by atoms with Crippen LogP contribution in [0.25, 0.3) is 0 Å². The highest BCUT2D eigenvalue weighted by Crippen LogP contribution is 2.23. The summed E-state index contributed by atoms with van der Waals surface area (Å²) in [7, 11) is 0. The molecule has 2 heterocycles. The van der Waals surface area contributed by atoms with Crippen molar-refractivity contribution in [3.63, 3.8) is 0 Å². The predicted molar refractivity (Wildman–Crippen MR) is 72.0 cm³/mol. The van der Waals surface area contributed by atoms with Crippen molar-refractivity contribution in [1.82, 2.24) is 10.3 Å². The van der Waals surface area contributed by atoms with Crippen molar-refractivity contribution in [1.29, 1.82) is 0 Å². The average Bonchev–Trinajstić information content (AvgIpc) is 2.46. The van der Waals surface area contributed by atoms with E-state index in [-0.39, 0.29) is 17.6 Å². The van der Waals surface area contributed by atoms with Crippen molar-refractivity contribution >= 4 is 17.5 Å². The van der Waals surface area contributed by atoms with Crippen LogP contribution < -0.4 is 5.43 Å². The topological polar surface area (TPSA) is 82.0 Å². The highest BCUT2D eigenvalue weighted by molar-refractivity contribution is 6.39. The molecule has 104 valence electrons. The van der Waals surface area contributed by atoms with Gasteiger partial charge in [-0.25, -0.2) is 5.43 Å². The number of hydrogen-bond acceptors (Lipinski definition) is 4. The first-order valence-corrected chi connectivity index (χ1v) is 6.59. The fourth-order valence-corrected chi connectivity index (χ4v) is 2.53. The molecular formula is C14H15N3O3. The van der Waals surface area contributed by atoms with Gasteiger partial charge in [0.1, 0.15) is 11.5 Å². The number of hydrazone groups is 1. The molecule has 2 aliphatic heterocycles. The number of hydrogen-bond donors (Lipinski definition) is 2. The summed E-state index contributed by atoms with van der Waals surface area (Å²) in [6.45, 7) is 1.10. The van der Waals surface area contributed by atoms with E-state index >= 15 is 0 Å². The Labute approximate surface area is 116 Å². The Balaban J connectivity index is 1.76. The maximum atomic E-state index is 12.3. The lowest BCUT2D eigenvalue weighted by Crippen LogP contribution is -2.42. The highest BCUT2D eigenvalue weighted by atomic mass is 16.3. The number of amides is 2. The van der Waals surface area contributed by atoms with Gasteiger partial charge in [-0.3, -0.25) is 9.59 Å². The second kappa shape index (κ2) is 4.96. The number of carbonyl (C=O) groups excluding carboxylic acids is 2. The number of phenols is 1. The first-order chi connectivity index (χ1) is 9.63. The molecule has 0 spiro atoms. The van der Waals surface area contributed by atoms with E-state index in [2.05, 4.69) is 10.5 Å². The molecule has 0 saturated heterocycles. The van der Waals surface area contributed by atoms with Gasteiger partial charge in [0.15, 0.2) is 0 Å². The van der Waals surface area contributed by atoms with E-state index in [1.54, 1.807) is 17.0 Å². The van der Waals surface area contributed by atoms with Gasteiger partial charge in [0.25, 0.3) is 5.91 Å². The quantitative estimate of drug-likeness (QED) is 0.783. The number of rotatable bonds is 1. The summed E-state index contributed by atoms with van der Waals surface area (Å²) in [6.07, 6.45) is 1.45. The molecule has 0 saturated carbocycles. The average molecular weight is 273 g/mol. The minimum absolute atomic E-state index is 0.140. The van der Waals surface area contributed by atoms with Crippen LogP contribution in [0.4, 0.5) is 0 Å². The Bertz CT molecular complexity index is 610. The van der Waals surface area contributed by atoms with Crippen molar-refractivity contribution in [2.45, 2.75) is 25.8 Å². The van der Waals surface area contributed by atoms with Gasteiger partial charge in [0, 0.05) is 25.9 Å². The van der Waals surface area contributed by atoms with Crippen LogP contribution in [-0.2, 0) is 22.6 Å². The summed E-state index contributed by atoms with van der Waals surface area (Å²) >= 11 is 0. The monoisotopic (exact) mass is 273 g/mol. The molecule has 20 heavy (non-hydrogen) atoms. The van der Waals surface area contributed by atoms with E-state index in [4.69, 9.17) is 0 Å². The van der Waals surface area contributed by atoms with Gasteiger partial charge in [0.2, 0.25) is 5.91 Å². The molecule has 0 radical (unpaired) electrons. The molecule has 6 nitrogen and oxygen atoms in total. The number of benzene rings is 1. The number of nitrogens with one attached hydrogen (secondary N) is 1. The summed E-state index contributed by atoms with van der Waals surface area (Å²) in [6, 6.07) is 5.25. The molecule has 3 rings (SSSR count). The van der Waals surface area contributed by atoms with Crippen LogP contribution in [0.1, 0.15) is 24.0 Å². The molecule has 0 aliphatic carbocycles. The molecular weight excluding hydrogens is 258 g/mol. The lowest BCUT2D eigenvalue weighted by molar-refractivity contribution is -0.125. The largest absolute Gasteiger partial charge is 0.508 e. The number of phenolic OH excluding ortho intramolecular Hbond substituents is 1. The normalized spacial score (nSPS) is 18.1. The zero-order valence-corrected chi connectivity index (χ0v) is 10.9. The molecule has 1 aromatic carbocycles. The van der Waals surface area contributed by atoms with Gasteiger partial charge in [-0.1, -0.05) is 6.07 Å². The van der Waals surface area contributed by atoms with Crippen LogP contribution in [0.2, 0.25) is 0 Å². The first-order valence-electron chi connectivity index (χ1n) is 6.59. The molecule has 2 N–H and O–H groups in total. The first kappa shape index (κ1) is 12.7. The van der Waals surface area contributed by atoms with Gasteiger partial charge >= 0.3 is 0 Å². The van der Waals surface area contributed by atoms with Crippen molar-refractivity contribution in [3.8, 4) is 5.75 Å². The van der Waals surface area contributed by atoms with E-state index in [1.807, 2.05) is 6.07 Å². The Morgan fingerprint density at radius 3 is 2.85 bits per heavy atom. The maximum absolute atomic E-state index is 12.3. The van der Waals surface area contributed by atoms with Crippen molar-refractivity contribution in [2.24, 2.45) is 5.10 Å². The fourth-order valence-electron chi connectivity index (χ4n) is 2.53. The molecule has 0 atom stereocenters.